The van der Waals surface area contributed by atoms with E-state index in [9.17, 15) is 9.18 Å². The Bertz CT molecular complexity index is 1480. The van der Waals surface area contributed by atoms with Crippen LogP contribution in [0.1, 0.15) is 28.6 Å². The lowest BCUT2D eigenvalue weighted by Gasteiger charge is -2.16. The highest BCUT2D eigenvalue weighted by Gasteiger charge is 2.25. The number of nitrogens with zero attached hydrogens (tertiary/aromatic N) is 3. The molecule has 0 spiro atoms. The van der Waals surface area contributed by atoms with Crippen LogP contribution in [0, 0.1) is 6.08 Å². The van der Waals surface area contributed by atoms with Gasteiger partial charge in [0.15, 0.2) is 0 Å². The highest BCUT2D eigenvalue weighted by molar-refractivity contribution is 7.21. The zero-order valence-corrected chi connectivity index (χ0v) is 19.1. The van der Waals surface area contributed by atoms with Crippen molar-refractivity contribution in [3.63, 3.8) is 0 Å². The van der Waals surface area contributed by atoms with Crippen molar-refractivity contribution in [2.45, 2.75) is 19.4 Å². The second kappa shape index (κ2) is 8.30. The summed E-state index contributed by atoms with van der Waals surface area (Å²) >= 11 is 1.46. The Hall–Kier alpha value is -3.63. The summed E-state index contributed by atoms with van der Waals surface area (Å²) in [4.78, 5) is 25.6. The molecule has 3 aromatic heterocycles. The molecule has 0 unspecified atom stereocenters. The lowest BCUT2D eigenvalue weighted by atomic mass is 10.0. The number of ether oxygens (including phenoxy) is 1. The number of pyridine rings is 1. The lowest BCUT2D eigenvalue weighted by molar-refractivity contribution is 0.0949. The van der Waals surface area contributed by atoms with E-state index >= 15 is 0 Å². The van der Waals surface area contributed by atoms with Crippen molar-refractivity contribution in [2.75, 3.05) is 25.0 Å². The minimum Gasteiger partial charge on any atom is -0.420 e. The number of fused-ring (bicyclic) bond motifs is 5. The van der Waals surface area contributed by atoms with Crippen LogP contribution in [0.2, 0.25) is 0 Å². The maximum Gasteiger partial charge on any atom is 0.311 e. The molecule has 4 aromatic rings. The molecule has 0 saturated carbocycles. The normalized spacial score (nSPS) is 18.1. The SMILES string of the molecule is C[C@@H]1CNc2c(sc3ccc4nc(Oc5nc(F)ncc5C5=CCNCC5)ccc4c23)C(=O)N1. The number of hydrogen-bond acceptors (Lipinski definition) is 8. The summed E-state index contributed by atoms with van der Waals surface area (Å²) in [6.07, 6.45) is 3.41. The van der Waals surface area contributed by atoms with Crippen molar-refractivity contribution in [2.24, 2.45) is 0 Å². The van der Waals surface area contributed by atoms with Gasteiger partial charge < -0.3 is 20.7 Å². The number of amides is 1. The Balaban J connectivity index is 1.41. The fourth-order valence-corrected chi connectivity index (χ4v) is 5.47. The van der Waals surface area contributed by atoms with Gasteiger partial charge in [0.05, 0.1) is 16.8 Å². The van der Waals surface area contributed by atoms with Gasteiger partial charge in [-0.25, -0.2) is 9.97 Å². The fraction of sp³-hybridized carbons (Fsp3) is 0.250. The Labute approximate surface area is 198 Å². The number of carbonyl (C=O) groups is 1. The summed E-state index contributed by atoms with van der Waals surface area (Å²) in [5.74, 6) is 0.381. The Morgan fingerprint density at radius 3 is 2.97 bits per heavy atom. The number of thiophene rings is 1. The molecular formula is C24H21FN6O2S. The smallest absolute Gasteiger partial charge is 0.311 e. The number of carbonyl (C=O) groups excluding carboxylic acids is 1. The van der Waals surface area contributed by atoms with E-state index in [1.165, 1.54) is 17.5 Å². The predicted molar refractivity (Wildman–Crippen MR) is 130 cm³/mol. The highest BCUT2D eigenvalue weighted by Crippen LogP contribution is 2.41. The molecular weight excluding hydrogens is 455 g/mol. The Kier molecular flexibility index (Phi) is 5.11. The van der Waals surface area contributed by atoms with Crippen LogP contribution in [0.3, 0.4) is 0 Å². The molecule has 6 rings (SSSR count). The first kappa shape index (κ1) is 20.9. The molecule has 34 heavy (non-hydrogen) atoms. The average molecular weight is 477 g/mol. The van der Waals surface area contributed by atoms with Crippen LogP contribution in [0.4, 0.5) is 10.1 Å². The molecule has 0 saturated heterocycles. The summed E-state index contributed by atoms with van der Waals surface area (Å²) in [5, 5.41) is 11.6. The first-order valence-corrected chi connectivity index (χ1v) is 11.9. The zero-order chi connectivity index (χ0) is 23.2. The van der Waals surface area contributed by atoms with Gasteiger partial charge in [0.25, 0.3) is 5.91 Å². The number of hydrogen-bond donors (Lipinski definition) is 3. The van der Waals surface area contributed by atoms with Crippen LogP contribution in [0.15, 0.2) is 36.5 Å². The molecule has 8 nitrogen and oxygen atoms in total. The Morgan fingerprint density at radius 1 is 1.21 bits per heavy atom. The molecule has 172 valence electrons. The molecule has 2 aliphatic rings. The maximum absolute atomic E-state index is 13.9. The van der Waals surface area contributed by atoms with Crippen molar-refractivity contribution >= 4 is 49.5 Å². The van der Waals surface area contributed by atoms with Gasteiger partial charge >= 0.3 is 6.08 Å². The van der Waals surface area contributed by atoms with Crippen molar-refractivity contribution in [1.82, 2.24) is 25.6 Å². The summed E-state index contributed by atoms with van der Waals surface area (Å²) < 4.78 is 20.8. The van der Waals surface area contributed by atoms with Crippen molar-refractivity contribution < 1.29 is 13.9 Å². The van der Waals surface area contributed by atoms with Gasteiger partial charge in [-0.05, 0) is 43.7 Å². The van der Waals surface area contributed by atoms with Gasteiger partial charge in [0, 0.05) is 46.9 Å². The summed E-state index contributed by atoms with van der Waals surface area (Å²) in [6.45, 7) is 4.16. The van der Waals surface area contributed by atoms with Crippen LogP contribution in [-0.2, 0) is 0 Å². The summed E-state index contributed by atoms with van der Waals surface area (Å²) in [5.41, 5.74) is 3.21. The van der Waals surface area contributed by atoms with Crippen LogP contribution in [-0.4, -0.2) is 46.5 Å². The monoisotopic (exact) mass is 476 g/mol. The zero-order valence-electron chi connectivity index (χ0n) is 18.3. The molecule has 10 heteroatoms. The van der Waals surface area contributed by atoms with Crippen molar-refractivity contribution in [3.05, 3.63) is 53.1 Å². The largest absolute Gasteiger partial charge is 0.420 e. The van der Waals surface area contributed by atoms with Crippen LogP contribution in [0.25, 0.3) is 26.6 Å². The molecule has 1 aromatic carbocycles. The van der Waals surface area contributed by atoms with Gasteiger partial charge in [-0.2, -0.15) is 9.37 Å². The molecule has 0 bridgehead atoms. The number of halogens is 1. The van der Waals surface area contributed by atoms with Gasteiger partial charge in [-0.3, -0.25) is 4.79 Å². The number of benzene rings is 1. The van der Waals surface area contributed by atoms with Crippen molar-refractivity contribution in [1.29, 1.82) is 0 Å². The van der Waals surface area contributed by atoms with Crippen LogP contribution in [0.5, 0.6) is 11.8 Å². The lowest BCUT2D eigenvalue weighted by Crippen LogP contribution is -2.34. The Morgan fingerprint density at radius 2 is 2.12 bits per heavy atom. The fourth-order valence-electron chi connectivity index (χ4n) is 4.37. The topological polar surface area (TPSA) is 101 Å². The molecule has 0 fully saturated rings. The minimum atomic E-state index is -0.852. The summed E-state index contributed by atoms with van der Waals surface area (Å²) in [7, 11) is 0. The third kappa shape index (κ3) is 3.64. The van der Waals surface area contributed by atoms with E-state index < -0.39 is 6.08 Å². The molecule has 5 heterocycles. The molecule has 1 amide bonds. The van der Waals surface area contributed by atoms with Crippen LogP contribution < -0.4 is 20.7 Å². The first-order valence-electron chi connectivity index (χ1n) is 11.1. The summed E-state index contributed by atoms with van der Waals surface area (Å²) in [6, 6.07) is 7.56. The second-order valence-corrected chi connectivity index (χ2v) is 9.41. The van der Waals surface area contributed by atoms with E-state index in [0.717, 1.165) is 46.2 Å². The quantitative estimate of drug-likeness (QED) is 0.383. The molecule has 0 aliphatic carbocycles. The standard InChI is InChI=1S/C24H21FN6O2S/c1-12-10-27-20-19-14-2-5-18(30-16(14)3-4-17(19)34-21(20)22(32)29-12)33-23-15(11-28-24(25)31-23)13-6-8-26-9-7-13/h2-6,11-12,26-27H,7-10H2,1H3,(H,29,32)/t12-/m1/s1. The number of aromatic nitrogens is 3. The van der Waals surface area contributed by atoms with Gasteiger partial charge in [0.2, 0.25) is 11.8 Å². The number of nitrogens with one attached hydrogen (secondary N) is 3. The van der Waals surface area contributed by atoms with Crippen molar-refractivity contribution in [3.8, 4) is 11.8 Å². The molecule has 3 N–H and O–H groups in total. The van der Waals surface area contributed by atoms with E-state index in [1.807, 2.05) is 31.2 Å². The first-order chi connectivity index (χ1) is 16.6. The maximum atomic E-state index is 13.9. The number of rotatable bonds is 3. The molecule has 0 radical (unpaired) electrons. The van der Waals surface area contributed by atoms with Gasteiger partial charge in [-0.1, -0.05) is 6.08 Å². The van der Waals surface area contributed by atoms with Crippen LogP contribution >= 0.6 is 11.3 Å². The number of anilines is 1. The van der Waals surface area contributed by atoms with E-state index in [1.54, 1.807) is 6.07 Å². The minimum absolute atomic E-state index is 0.0350. The highest BCUT2D eigenvalue weighted by atomic mass is 32.1. The van der Waals surface area contributed by atoms with Gasteiger partial charge in [-0.15, -0.1) is 11.3 Å². The predicted octanol–water partition coefficient (Wildman–Crippen LogP) is 4.09. The van der Waals surface area contributed by atoms with E-state index in [0.29, 0.717) is 28.4 Å². The van der Waals surface area contributed by atoms with E-state index in [2.05, 4.69) is 30.9 Å². The second-order valence-electron chi connectivity index (χ2n) is 8.36. The average Bonchev–Trinajstić information content (AvgIpc) is 3.16. The van der Waals surface area contributed by atoms with Gasteiger partial charge in [0.1, 0.15) is 4.88 Å². The third-order valence-corrected chi connectivity index (χ3v) is 7.15. The molecule has 2 aliphatic heterocycles. The molecule has 1 atom stereocenters. The van der Waals surface area contributed by atoms with E-state index in [4.69, 9.17) is 4.74 Å². The van der Waals surface area contributed by atoms with E-state index in [-0.39, 0.29) is 17.8 Å². The third-order valence-electron chi connectivity index (χ3n) is 6.00.